The standard InChI is InChI=1S/C26H34N6O7/c1-7-38-24(35)16-10-15(2)29-18(16)11-17-22-19(30-23(17)34)12-28-20(31-22)13-32(6)21(33)14-37-9-8-27-25(36)39-26(3,4)5/h10-12,29H,7-9,13-14H2,1-6H3,(H,27,36)(H,30,34)/b17-11-. The number of ether oxygens (including phenoxy) is 3. The summed E-state index contributed by atoms with van der Waals surface area (Å²) in [6.07, 6.45) is 2.46. The van der Waals surface area contributed by atoms with Gasteiger partial charge in [-0.2, -0.15) is 0 Å². The van der Waals surface area contributed by atoms with E-state index in [0.29, 0.717) is 28.5 Å². The van der Waals surface area contributed by atoms with E-state index < -0.39 is 23.6 Å². The van der Waals surface area contributed by atoms with E-state index in [0.717, 1.165) is 5.69 Å². The van der Waals surface area contributed by atoms with Crippen molar-refractivity contribution < 1.29 is 33.4 Å². The zero-order valence-electron chi connectivity index (χ0n) is 23.0. The van der Waals surface area contributed by atoms with Gasteiger partial charge < -0.3 is 34.7 Å². The number of nitrogens with zero attached hydrogens (tertiary/aromatic N) is 3. The van der Waals surface area contributed by atoms with E-state index in [1.165, 1.54) is 11.1 Å². The Morgan fingerprint density at radius 1 is 1.23 bits per heavy atom. The average molecular weight is 543 g/mol. The fourth-order valence-corrected chi connectivity index (χ4v) is 3.58. The van der Waals surface area contributed by atoms with Crippen LogP contribution in [0.5, 0.6) is 0 Å². The van der Waals surface area contributed by atoms with Gasteiger partial charge in [0.05, 0.1) is 48.5 Å². The van der Waals surface area contributed by atoms with Crippen LogP contribution in [-0.4, -0.2) is 82.7 Å². The number of hydrogen-bond donors (Lipinski definition) is 3. The molecule has 0 atom stereocenters. The average Bonchev–Trinajstić information content (AvgIpc) is 3.36. The molecule has 210 valence electrons. The molecule has 2 aromatic rings. The Morgan fingerprint density at radius 3 is 2.67 bits per heavy atom. The van der Waals surface area contributed by atoms with Gasteiger partial charge in [-0.25, -0.2) is 19.6 Å². The number of amides is 3. The Hall–Kier alpha value is -4.26. The molecule has 0 aromatic carbocycles. The molecule has 13 heteroatoms. The van der Waals surface area contributed by atoms with Crippen LogP contribution >= 0.6 is 0 Å². The third kappa shape index (κ3) is 8.11. The largest absolute Gasteiger partial charge is 0.462 e. The Labute approximate surface area is 226 Å². The molecule has 13 nitrogen and oxygen atoms in total. The predicted octanol–water partition coefficient (Wildman–Crippen LogP) is 2.28. The molecule has 3 amide bonds. The van der Waals surface area contributed by atoms with Gasteiger partial charge in [0.2, 0.25) is 5.91 Å². The number of aryl methyl sites for hydroxylation is 1. The molecule has 0 saturated carbocycles. The molecule has 0 saturated heterocycles. The zero-order chi connectivity index (χ0) is 28.7. The van der Waals surface area contributed by atoms with Crippen LogP contribution in [0.25, 0.3) is 11.6 Å². The van der Waals surface area contributed by atoms with Crippen molar-refractivity contribution >= 4 is 41.2 Å². The molecular weight excluding hydrogens is 508 g/mol. The Balaban J connectivity index is 1.61. The summed E-state index contributed by atoms with van der Waals surface area (Å²) in [5.41, 5.74) is 1.89. The molecule has 0 spiro atoms. The Kier molecular flexibility index (Phi) is 9.41. The molecule has 0 unspecified atom stereocenters. The number of aromatic nitrogens is 3. The number of carbonyl (C=O) groups excluding carboxylic acids is 4. The van der Waals surface area contributed by atoms with Crippen LogP contribution < -0.4 is 10.6 Å². The second kappa shape index (κ2) is 12.5. The SMILES string of the molecule is CCOC(=O)c1cc(C)[nH]c1/C=C1\C(=O)Nc2cnc(CN(C)C(=O)COCCNC(=O)OC(C)(C)C)nc21. The van der Waals surface area contributed by atoms with Crippen molar-refractivity contribution in [1.82, 2.24) is 25.2 Å². The molecule has 0 fully saturated rings. The number of nitrogens with one attached hydrogen (secondary N) is 3. The molecular formula is C26H34N6O7. The van der Waals surface area contributed by atoms with Crippen LogP contribution in [0.4, 0.5) is 10.5 Å². The fraction of sp³-hybridized carbons (Fsp3) is 0.462. The predicted molar refractivity (Wildman–Crippen MR) is 142 cm³/mol. The molecule has 1 aliphatic rings. The topological polar surface area (TPSA) is 165 Å². The maximum atomic E-state index is 12.7. The van der Waals surface area contributed by atoms with E-state index >= 15 is 0 Å². The lowest BCUT2D eigenvalue weighted by Gasteiger charge is -2.19. The van der Waals surface area contributed by atoms with Crippen molar-refractivity contribution in [2.75, 3.05) is 38.7 Å². The van der Waals surface area contributed by atoms with Gasteiger partial charge in [0.15, 0.2) is 0 Å². The summed E-state index contributed by atoms with van der Waals surface area (Å²) >= 11 is 0. The van der Waals surface area contributed by atoms with E-state index in [1.54, 1.807) is 53.8 Å². The van der Waals surface area contributed by atoms with E-state index in [9.17, 15) is 19.2 Å². The summed E-state index contributed by atoms with van der Waals surface area (Å²) in [6.45, 7) is 9.20. The highest BCUT2D eigenvalue weighted by Crippen LogP contribution is 2.31. The van der Waals surface area contributed by atoms with Gasteiger partial charge in [-0.1, -0.05) is 0 Å². The third-order valence-corrected chi connectivity index (χ3v) is 5.30. The highest BCUT2D eigenvalue weighted by atomic mass is 16.6. The molecule has 3 rings (SSSR count). The van der Waals surface area contributed by atoms with Gasteiger partial charge in [-0.3, -0.25) is 9.59 Å². The van der Waals surface area contributed by atoms with Crippen LogP contribution in [0, 0.1) is 6.92 Å². The van der Waals surface area contributed by atoms with Crippen molar-refractivity contribution in [2.45, 2.75) is 46.8 Å². The molecule has 1 aliphatic heterocycles. The number of likely N-dealkylation sites (N-methyl/N-ethyl adjacent to an activating group) is 1. The van der Waals surface area contributed by atoms with E-state index in [1.807, 2.05) is 0 Å². The minimum absolute atomic E-state index is 0.0722. The summed E-state index contributed by atoms with van der Waals surface area (Å²) in [4.78, 5) is 62.4. The first-order valence-electron chi connectivity index (χ1n) is 12.4. The van der Waals surface area contributed by atoms with Gasteiger partial charge in [-0.15, -0.1) is 0 Å². The van der Waals surface area contributed by atoms with Crippen LogP contribution in [0.3, 0.4) is 0 Å². The fourth-order valence-electron chi connectivity index (χ4n) is 3.58. The van der Waals surface area contributed by atoms with Gasteiger partial charge in [0.25, 0.3) is 5.91 Å². The number of carbonyl (C=O) groups is 4. The monoisotopic (exact) mass is 542 g/mol. The summed E-state index contributed by atoms with van der Waals surface area (Å²) < 4.78 is 15.6. The Bertz CT molecular complexity index is 1280. The van der Waals surface area contributed by atoms with E-state index in [-0.39, 0.29) is 44.4 Å². The third-order valence-electron chi connectivity index (χ3n) is 5.30. The zero-order valence-corrected chi connectivity index (χ0v) is 23.0. The first-order valence-corrected chi connectivity index (χ1v) is 12.4. The summed E-state index contributed by atoms with van der Waals surface area (Å²) in [6, 6.07) is 1.65. The normalized spacial score (nSPS) is 13.6. The van der Waals surface area contributed by atoms with Crippen molar-refractivity contribution in [3.63, 3.8) is 0 Å². The molecule has 3 N–H and O–H groups in total. The van der Waals surface area contributed by atoms with Crippen LogP contribution in [0.2, 0.25) is 0 Å². The number of alkyl carbamates (subject to hydrolysis) is 1. The minimum Gasteiger partial charge on any atom is -0.462 e. The highest BCUT2D eigenvalue weighted by Gasteiger charge is 2.28. The van der Waals surface area contributed by atoms with E-state index in [2.05, 4.69) is 25.6 Å². The number of fused-ring (bicyclic) bond motifs is 1. The lowest BCUT2D eigenvalue weighted by Crippen LogP contribution is -2.35. The number of hydrogen-bond acceptors (Lipinski definition) is 9. The van der Waals surface area contributed by atoms with Crippen LogP contribution in [-0.2, 0) is 30.3 Å². The Morgan fingerprint density at radius 2 is 1.97 bits per heavy atom. The van der Waals surface area contributed by atoms with Gasteiger partial charge in [0, 0.05) is 19.3 Å². The first kappa shape index (κ1) is 29.3. The molecule has 0 aliphatic carbocycles. The maximum Gasteiger partial charge on any atom is 0.407 e. The summed E-state index contributed by atoms with van der Waals surface area (Å²) in [5.74, 6) is -0.899. The van der Waals surface area contributed by atoms with Crippen molar-refractivity contribution in [1.29, 1.82) is 0 Å². The molecule has 2 aromatic heterocycles. The van der Waals surface area contributed by atoms with Crippen LogP contribution in [0.1, 0.15) is 61.0 Å². The lowest BCUT2D eigenvalue weighted by atomic mass is 10.1. The molecule has 0 radical (unpaired) electrons. The van der Waals surface area contributed by atoms with Gasteiger partial charge >= 0.3 is 12.1 Å². The number of rotatable bonds is 10. The first-order chi connectivity index (χ1) is 18.4. The van der Waals surface area contributed by atoms with E-state index in [4.69, 9.17) is 14.2 Å². The number of esters is 1. The summed E-state index contributed by atoms with van der Waals surface area (Å²) in [7, 11) is 1.58. The smallest absolute Gasteiger partial charge is 0.407 e. The molecule has 3 heterocycles. The maximum absolute atomic E-state index is 12.7. The van der Waals surface area contributed by atoms with Crippen molar-refractivity contribution in [3.8, 4) is 0 Å². The quantitative estimate of drug-likeness (QED) is 0.232. The highest BCUT2D eigenvalue weighted by molar-refractivity contribution is 6.34. The van der Waals surface area contributed by atoms with Crippen LogP contribution in [0.15, 0.2) is 12.3 Å². The van der Waals surface area contributed by atoms with Crippen molar-refractivity contribution in [2.24, 2.45) is 0 Å². The lowest BCUT2D eigenvalue weighted by molar-refractivity contribution is -0.135. The number of aromatic amines is 1. The summed E-state index contributed by atoms with van der Waals surface area (Å²) in [5, 5.41) is 5.26. The second-order valence-corrected chi connectivity index (χ2v) is 9.79. The second-order valence-electron chi connectivity index (χ2n) is 9.79. The number of anilines is 1. The molecule has 0 bridgehead atoms. The minimum atomic E-state index is -0.602. The van der Waals surface area contributed by atoms with Gasteiger partial charge in [-0.05, 0) is 46.8 Å². The van der Waals surface area contributed by atoms with Gasteiger partial charge in [0.1, 0.15) is 23.7 Å². The number of H-pyrrole nitrogens is 1. The molecule has 39 heavy (non-hydrogen) atoms. The van der Waals surface area contributed by atoms with Crippen molar-refractivity contribution in [3.05, 3.63) is 40.7 Å².